The van der Waals surface area contributed by atoms with Crippen LogP contribution in [0.15, 0.2) is 72.8 Å². The molecule has 31 heavy (non-hydrogen) atoms. The third-order valence-corrected chi connectivity index (χ3v) is 7.31. The fourth-order valence-corrected chi connectivity index (χ4v) is 5.73. The number of anilines is 2. The van der Waals surface area contributed by atoms with Crippen LogP contribution in [0.2, 0.25) is 0 Å². The van der Waals surface area contributed by atoms with Crippen LogP contribution in [-0.4, -0.2) is 17.6 Å². The highest BCUT2D eigenvalue weighted by molar-refractivity contribution is 8.02. The van der Waals surface area contributed by atoms with Crippen molar-refractivity contribution in [3.05, 3.63) is 95.3 Å². The summed E-state index contributed by atoms with van der Waals surface area (Å²) in [6.07, 6.45) is 0.904. The van der Waals surface area contributed by atoms with Gasteiger partial charge in [-0.2, -0.15) is 0 Å². The van der Waals surface area contributed by atoms with Crippen LogP contribution in [0.3, 0.4) is 0 Å². The van der Waals surface area contributed by atoms with E-state index in [9.17, 15) is 14.0 Å². The molecule has 0 bridgehead atoms. The number of rotatable bonds is 4. The molecule has 1 saturated heterocycles. The number of carbonyl (C=O) groups is 2. The summed E-state index contributed by atoms with van der Waals surface area (Å²) in [4.78, 5) is 29.2. The topological polar surface area (TPSA) is 40.6 Å². The smallest absolute Gasteiger partial charge is 0.269 e. The average Bonchev–Trinajstić information content (AvgIpc) is 3.26. The molecular weight excluding hydrogens is 411 g/mol. The molecule has 5 rings (SSSR count). The zero-order valence-corrected chi connectivity index (χ0v) is 17.9. The van der Waals surface area contributed by atoms with Crippen molar-refractivity contribution in [2.24, 2.45) is 0 Å². The van der Waals surface area contributed by atoms with Gasteiger partial charge >= 0.3 is 0 Å². The van der Waals surface area contributed by atoms with E-state index in [1.165, 1.54) is 29.5 Å². The van der Waals surface area contributed by atoms with Crippen LogP contribution in [0, 0.1) is 5.82 Å². The lowest BCUT2D eigenvalue weighted by Gasteiger charge is -2.33. The van der Waals surface area contributed by atoms with Crippen LogP contribution >= 0.6 is 11.8 Å². The van der Waals surface area contributed by atoms with Gasteiger partial charge in [0, 0.05) is 11.3 Å². The summed E-state index contributed by atoms with van der Waals surface area (Å²) in [6, 6.07) is 21.6. The first-order chi connectivity index (χ1) is 15.0. The molecule has 1 fully saturated rings. The number of aryl methyl sites for hydroxylation is 1. The van der Waals surface area contributed by atoms with Crippen LogP contribution in [-0.2, 0) is 27.4 Å². The predicted octanol–water partition coefficient (Wildman–Crippen LogP) is 4.87. The van der Waals surface area contributed by atoms with Crippen molar-refractivity contribution in [1.82, 2.24) is 0 Å². The molecule has 3 aromatic carbocycles. The molecule has 3 aromatic rings. The number of halogens is 1. The Bertz CT molecular complexity index is 1160. The lowest BCUT2D eigenvalue weighted by molar-refractivity contribution is -0.123. The number of nitrogens with zero attached hydrogens (tertiary/aromatic N) is 2. The number of fused-ring (bicyclic) bond motifs is 2. The van der Waals surface area contributed by atoms with Gasteiger partial charge in [0.25, 0.3) is 5.91 Å². The van der Waals surface area contributed by atoms with Crippen molar-refractivity contribution < 1.29 is 14.0 Å². The number of carbonyl (C=O) groups excluding carboxylic acids is 2. The van der Waals surface area contributed by atoms with E-state index in [1.807, 2.05) is 48.5 Å². The van der Waals surface area contributed by atoms with Crippen molar-refractivity contribution in [1.29, 1.82) is 0 Å². The summed E-state index contributed by atoms with van der Waals surface area (Å²) in [5, 5.41) is 0. The van der Waals surface area contributed by atoms with Gasteiger partial charge in [-0.1, -0.05) is 49.4 Å². The number of thioether (sulfide) groups is 1. The molecule has 0 unspecified atom stereocenters. The molecule has 0 aliphatic carbocycles. The number of hydrogen-bond donors (Lipinski definition) is 0. The summed E-state index contributed by atoms with van der Waals surface area (Å²) < 4.78 is 13.4. The lowest BCUT2D eigenvalue weighted by Crippen LogP contribution is -2.49. The van der Waals surface area contributed by atoms with Gasteiger partial charge in [-0.3, -0.25) is 14.5 Å². The number of benzene rings is 3. The van der Waals surface area contributed by atoms with Crippen molar-refractivity contribution in [2.45, 2.75) is 24.8 Å². The van der Waals surface area contributed by atoms with E-state index in [1.54, 1.807) is 21.9 Å². The SMILES string of the molecule is CCc1ccc(N2C(=O)CS[C@@]23C(=O)N(Cc2ccc(F)cc2)c2ccccc23)cc1. The van der Waals surface area contributed by atoms with Gasteiger partial charge in [0.15, 0.2) is 0 Å². The minimum absolute atomic E-state index is 0.0824. The van der Waals surface area contributed by atoms with Gasteiger partial charge in [-0.25, -0.2) is 4.39 Å². The van der Waals surface area contributed by atoms with E-state index in [-0.39, 0.29) is 23.4 Å². The monoisotopic (exact) mass is 432 g/mol. The minimum Gasteiger partial charge on any atom is -0.304 e. The Morgan fingerprint density at radius 2 is 1.61 bits per heavy atom. The number of hydrogen-bond acceptors (Lipinski definition) is 3. The van der Waals surface area contributed by atoms with Crippen LogP contribution in [0.25, 0.3) is 0 Å². The maximum atomic E-state index is 13.9. The fraction of sp³-hybridized carbons (Fsp3) is 0.200. The summed E-state index contributed by atoms with van der Waals surface area (Å²) in [6.45, 7) is 2.40. The first-order valence-corrected chi connectivity index (χ1v) is 11.2. The molecule has 4 nitrogen and oxygen atoms in total. The number of para-hydroxylation sites is 1. The van der Waals surface area contributed by atoms with E-state index in [4.69, 9.17) is 0 Å². The maximum Gasteiger partial charge on any atom is 0.269 e. The van der Waals surface area contributed by atoms with Crippen molar-refractivity contribution in [2.75, 3.05) is 15.6 Å². The van der Waals surface area contributed by atoms with Crippen molar-refractivity contribution >= 4 is 35.0 Å². The third-order valence-electron chi connectivity index (χ3n) is 5.92. The summed E-state index contributed by atoms with van der Waals surface area (Å²) in [5.74, 6) is -0.304. The molecule has 2 aliphatic heterocycles. The van der Waals surface area contributed by atoms with Crippen LogP contribution in [0.5, 0.6) is 0 Å². The van der Waals surface area contributed by atoms with E-state index in [0.717, 1.165) is 28.9 Å². The van der Waals surface area contributed by atoms with Crippen LogP contribution in [0.4, 0.5) is 15.8 Å². The van der Waals surface area contributed by atoms with Crippen molar-refractivity contribution in [3.8, 4) is 0 Å². The molecular formula is C25H21FN2O2S. The number of amides is 2. The zero-order valence-electron chi connectivity index (χ0n) is 17.0. The molecule has 0 radical (unpaired) electrons. The predicted molar refractivity (Wildman–Crippen MR) is 121 cm³/mol. The fourth-order valence-electron chi connectivity index (χ4n) is 4.37. The maximum absolute atomic E-state index is 13.9. The Morgan fingerprint density at radius 1 is 0.935 bits per heavy atom. The third kappa shape index (κ3) is 3.05. The highest BCUT2D eigenvalue weighted by Gasteiger charge is 2.60. The zero-order chi connectivity index (χ0) is 21.6. The van der Waals surface area contributed by atoms with Crippen LogP contribution < -0.4 is 9.80 Å². The Hall–Kier alpha value is -3.12. The molecule has 6 heteroatoms. The Balaban J connectivity index is 1.61. The Morgan fingerprint density at radius 3 is 2.32 bits per heavy atom. The summed E-state index contributed by atoms with van der Waals surface area (Å²) in [7, 11) is 0. The molecule has 0 aromatic heterocycles. The molecule has 2 heterocycles. The van der Waals surface area contributed by atoms with E-state index < -0.39 is 4.87 Å². The molecule has 2 aliphatic rings. The summed E-state index contributed by atoms with van der Waals surface area (Å²) in [5.41, 5.74) is 4.33. The van der Waals surface area contributed by atoms with Gasteiger partial charge in [0.1, 0.15) is 5.82 Å². The highest BCUT2D eigenvalue weighted by Crippen LogP contribution is 2.55. The molecule has 0 saturated carbocycles. The van der Waals surface area contributed by atoms with E-state index in [0.29, 0.717) is 6.54 Å². The first-order valence-electron chi connectivity index (χ1n) is 10.3. The Kier molecular flexibility index (Phi) is 4.82. The second-order valence-electron chi connectivity index (χ2n) is 7.72. The molecule has 2 amide bonds. The molecule has 1 spiro atoms. The summed E-state index contributed by atoms with van der Waals surface area (Å²) >= 11 is 1.37. The Labute approximate surface area is 184 Å². The van der Waals surface area contributed by atoms with Gasteiger partial charge in [-0.05, 0) is 47.9 Å². The lowest BCUT2D eigenvalue weighted by atomic mass is 10.0. The van der Waals surface area contributed by atoms with Gasteiger partial charge < -0.3 is 4.90 Å². The molecule has 156 valence electrons. The quantitative estimate of drug-likeness (QED) is 0.591. The standard InChI is InChI=1S/C25H21FN2O2S/c1-2-17-9-13-20(14-10-17)28-23(29)16-31-25(28)21-5-3-4-6-22(21)27(24(25)30)15-18-7-11-19(26)12-8-18/h3-14H,2,15-16H2,1H3/t25-/m0/s1. The van der Waals surface area contributed by atoms with Crippen molar-refractivity contribution in [3.63, 3.8) is 0 Å². The van der Waals surface area contributed by atoms with Gasteiger partial charge in [0.2, 0.25) is 10.8 Å². The van der Waals surface area contributed by atoms with Gasteiger partial charge in [-0.15, -0.1) is 11.8 Å². The molecule has 1 atom stereocenters. The normalized spacial score (nSPS) is 20.1. The first kappa shape index (κ1) is 19.8. The average molecular weight is 433 g/mol. The second kappa shape index (κ2) is 7.54. The second-order valence-corrected chi connectivity index (χ2v) is 8.88. The highest BCUT2D eigenvalue weighted by atomic mass is 32.2. The van der Waals surface area contributed by atoms with E-state index >= 15 is 0 Å². The van der Waals surface area contributed by atoms with Gasteiger partial charge in [0.05, 0.1) is 18.0 Å². The van der Waals surface area contributed by atoms with E-state index in [2.05, 4.69) is 6.92 Å². The minimum atomic E-state index is -1.12. The largest absolute Gasteiger partial charge is 0.304 e. The molecule has 0 N–H and O–H groups in total. The van der Waals surface area contributed by atoms with Crippen LogP contribution in [0.1, 0.15) is 23.6 Å².